The number of para-hydroxylation sites is 3. The Morgan fingerprint density at radius 3 is 2.68 bits per heavy atom. The average molecular weight is 398 g/mol. The molecule has 146 valence electrons. The van der Waals surface area contributed by atoms with E-state index in [2.05, 4.69) is 15.3 Å². The Morgan fingerprint density at radius 2 is 1.89 bits per heavy atom. The van der Waals surface area contributed by atoms with Gasteiger partial charge in [-0.3, -0.25) is 4.79 Å². The first-order valence-corrected chi connectivity index (χ1v) is 11.1. The van der Waals surface area contributed by atoms with Crippen molar-refractivity contribution < 1.29 is 13.2 Å². The third-order valence-corrected chi connectivity index (χ3v) is 6.30. The summed E-state index contributed by atoms with van der Waals surface area (Å²) in [5.41, 5.74) is 3.11. The lowest BCUT2D eigenvalue weighted by molar-refractivity contribution is -0.120. The largest absolute Gasteiger partial charge is 0.338 e. The molecule has 1 aliphatic rings. The van der Waals surface area contributed by atoms with Crippen LogP contribution in [0.2, 0.25) is 0 Å². The van der Waals surface area contributed by atoms with Crippen LogP contribution in [0.4, 0.5) is 5.69 Å². The van der Waals surface area contributed by atoms with Gasteiger partial charge in [-0.05, 0) is 37.1 Å². The number of carbonyl (C=O) groups is 1. The van der Waals surface area contributed by atoms with Gasteiger partial charge in [-0.1, -0.05) is 30.7 Å². The van der Waals surface area contributed by atoms with Gasteiger partial charge < -0.3 is 10.3 Å². The molecule has 0 saturated carbocycles. The highest BCUT2D eigenvalue weighted by Gasteiger charge is 2.34. The summed E-state index contributed by atoms with van der Waals surface area (Å²) in [5.74, 6) is 0.342. The first-order chi connectivity index (χ1) is 13.4. The van der Waals surface area contributed by atoms with Crippen LogP contribution in [-0.4, -0.2) is 47.4 Å². The number of nitrogens with zero attached hydrogens (tertiary/aromatic N) is 2. The van der Waals surface area contributed by atoms with E-state index in [-0.39, 0.29) is 5.91 Å². The van der Waals surface area contributed by atoms with Gasteiger partial charge in [0, 0.05) is 12.1 Å². The van der Waals surface area contributed by atoms with E-state index in [1.54, 1.807) is 6.07 Å². The molecule has 1 amide bonds. The third kappa shape index (κ3) is 3.65. The van der Waals surface area contributed by atoms with E-state index in [1.165, 1.54) is 4.31 Å². The van der Waals surface area contributed by atoms with Crippen LogP contribution in [0.15, 0.2) is 48.5 Å². The lowest BCUT2D eigenvalue weighted by atomic mass is 10.0. The molecule has 3 aromatic rings. The van der Waals surface area contributed by atoms with Crippen LogP contribution in [0.1, 0.15) is 19.3 Å². The number of aromatic nitrogens is 2. The SMILES string of the molecule is CS(=O)(=O)N1CCCCC1C(=O)Nc1ccccc1-c1nc2ccccc2[nH]1. The fourth-order valence-corrected chi connectivity index (χ4v) is 4.78. The fraction of sp³-hybridized carbons (Fsp3) is 0.300. The summed E-state index contributed by atoms with van der Waals surface area (Å²) >= 11 is 0. The molecule has 4 rings (SSSR count). The van der Waals surface area contributed by atoms with Crippen LogP contribution in [0, 0.1) is 0 Å². The number of carbonyl (C=O) groups excluding carboxylic acids is 1. The number of imidazole rings is 1. The summed E-state index contributed by atoms with van der Waals surface area (Å²) in [6, 6.07) is 14.4. The van der Waals surface area contributed by atoms with Crippen molar-refractivity contribution in [1.29, 1.82) is 0 Å². The van der Waals surface area contributed by atoms with Gasteiger partial charge in [-0.25, -0.2) is 13.4 Å². The molecule has 2 N–H and O–H groups in total. The number of piperidine rings is 1. The van der Waals surface area contributed by atoms with Crippen LogP contribution in [0.25, 0.3) is 22.4 Å². The van der Waals surface area contributed by atoms with E-state index in [0.29, 0.717) is 24.5 Å². The summed E-state index contributed by atoms with van der Waals surface area (Å²) in [5, 5.41) is 2.92. The number of rotatable bonds is 4. The number of sulfonamides is 1. The van der Waals surface area contributed by atoms with Crippen molar-refractivity contribution in [2.75, 3.05) is 18.1 Å². The Balaban J connectivity index is 1.64. The molecule has 28 heavy (non-hydrogen) atoms. The average Bonchev–Trinajstić information content (AvgIpc) is 3.12. The number of hydrogen-bond acceptors (Lipinski definition) is 4. The van der Waals surface area contributed by atoms with Gasteiger partial charge in [0.1, 0.15) is 11.9 Å². The van der Waals surface area contributed by atoms with E-state index in [1.807, 2.05) is 42.5 Å². The predicted molar refractivity (Wildman–Crippen MR) is 109 cm³/mol. The van der Waals surface area contributed by atoms with Gasteiger partial charge >= 0.3 is 0 Å². The second-order valence-electron chi connectivity index (χ2n) is 7.02. The highest BCUT2D eigenvalue weighted by molar-refractivity contribution is 7.88. The number of nitrogens with one attached hydrogen (secondary N) is 2. The molecule has 1 saturated heterocycles. The van der Waals surface area contributed by atoms with Crippen molar-refractivity contribution in [2.45, 2.75) is 25.3 Å². The molecule has 0 spiro atoms. The van der Waals surface area contributed by atoms with E-state index in [4.69, 9.17) is 0 Å². The maximum atomic E-state index is 12.9. The molecule has 2 heterocycles. The molecule has 1 fully saturated rings. The number of anilines is 1. The Bertz CT molecular complexity index is 1090. The Kier molecular flexibility index (Phi) is 4.91. The quantitative estimate of drug-likeness (QED) is 0.706. The Labute approximate surface area is 163 Å². The topological polar surface area (TPSA) is 95.2 Å². The Hall–Kier alpha value is -2.71. The summed E-state index contributed by atoms with van der Waals surface area (Å²) < 4.78 is 25.4. The van der Waals surface area contributed by atoms with Crippen molar-refractivity contribution in [3.63, 3.8) is 0 Å². The molecule has 0 radical (unpaired) electrons. The van der Waals surface area contributed by atoms with Gasteiger partial charge in [-0.15, -0.1) is 0 Å². The third-order valence-electron chi connectivity index (χ3n) is 5.01. The first kappa shape index (κ1) is 18.6. The van der Waals surface area contributed by atoms with Crippen LogP contribution in [-0.2, 0) is 14.8 Å². The molecule has 2 aromatic carbocycles. The number of benzene rings is 2. The molecular weight excluding hydrogens is 376 g/mol. The van der Waals surface area contributed by atoms with E-state index in [9.17, 15) is 13.2 Å². The maximum absolute atomic E-state index is 12.9. The fourth-order valence-electron chi connectivity index (χ4n) is 3.66. The normalized spacial score (nSPS) is 18.2. The summed E-state index contributed by atoms with van der Waals surface area (Å²) in [6.07, 6.45) is 3.27. The lowest BCUT2D eigenvalue weighted by Crippen LogP contribution is -2.49. The van der Waals surface area contributed by atoms with Crippen LogP contribution < -0.4 is 5.32 Å². The molecule has 8 heteroatoms. The molecule has 1 aromatic heterocycles. The summed E-state index contributed by atoms with van der Waals surface area (Å²) in [7, 11) is -3.44. The summed E-state index contributed by atoms with van der Waals surface area (Å²) in [4.78, 5) is 20.8. The van der Waals surface area contributed by atoms with Gasteiger partial charge in [-0.2, -0.15) is 4.31 Å². The number of aromatic amines is 1. The van der Waals surface area contributed by atoms with Crippen LogP contribution >= 0.6 is 0 Å². The van der Waals surface area contributed by atoms with Crippen molar-refractivity contribution in [3.8, 4) is 11.4 Å². The molecule has 1 aliphatic heterocycles. The molecule has 1 unspecified atom stereocenters. The maximum Gasteiger partial charge on any atom is 0.242 e. The van der Waals surface area contributed by atoms with Gasteiger partial charge in [0.05, 0.1) is 23.0 Å². The zero-order valence-electron chi connectivity index (χ0n) is 15.6. The van der Waals surface area contributed by atoms with Gasteiger partial charge in [0.2, 0.25) is 15.9 Å². The van der Waals surface area contributed by atoms with E-state index >= 15 is 0 Å². The highest BCUT2D eigenvalue weighted by Crippen LogP contribution is 2.29. The minimum Gasteiger partial charge on any atom is -0.338 e. The number of hydrogen-bond donors (Lipinski definition) is 2. The zero-order chi connectivity index (χ0) is 19.7. The smallest absolute Gasteiger partial charge is 0.242 e. The van der Waals surface area contributed by atoms with E-state index in [0.717, 1.165) is 35.7 Å². The molecule has 0 aliphatic carbocycles. The monoisotopic (exact) mass is 398 g/mol. The van der Waals surface area contributed by atoms with Crippen molar-refractivity contribution in [3.05, 3.63) is 48.5 Å². The van der Waals surface area contributed by atoms with Crippen molar-refractivity contribution >= 4 is 32.7 Å². The summed E-state index contributed by atoms with van der Waals surface area (Å²) in [6.45, 7) is 0.377. The lowest BCUT2D eigenvalue weighted by Gasteiger charge is -2.32. The van der Waals surface area contributed by atoms with E-state index < -0.39 is 16.1 Å². The van der Waals surface area contributed by atoms with Crippen LogP contribution in [0.3, 0.4) is 0 Å². The van der Waals surface area contributed by atoms with Crippen molar-refractivity contribution in [2.24, 2.45) is 0 Å². The minimum absolute atomic E-state index is 0.311. The molecule has 7 nitrogen and oxygen atoms in total. The molecule has 0 bridgehead atoms. The number of fused-ring (bicyclic) bond motifs is 1. The van der Waals surface area contributed by atoms with Gasteiger partial charge in [0.25, 0.3) is 0 Å². The van der Waals surface area contributed by atoms with Crippen LogP contribution in [0.5, 0.6) is 0 Å². The number of H-pyrrole nitrogens is 1. The first-order valence-electron chi connectivity index (χ1n) is 9.25. The predicted octanol–water partition coefficient (Wildman–Crippen LogP) is 2.98. The second kappa shape index (κ2) is 7.37. The zero-order valence-corrected chi connectivity index (χ0v) is 16.4. The minimum atomic E-state index is -3.44. The van der Waals surface area contributed by atoms with Gasteiger partial charge in [0.15, 0.2) is 0 Å². The standard InChI is InChI=1S/C20H22N4O3S/c1-28(26,27)24-13-7-6-12-18(24)20(25)23-15-9-3-2-8-14(15)19-21-16-10-4-5-11-17(16)22-19/h2-5,8-11,18H,6-7,12-13H2,1H3,(H,21,22)(H,23,25). The molecule has 1 atom stereocenters. The second-order valence-corrected chi connectivity index (χ2v) is 8.96. The van der Waals surface area contributed by atoms with Crippen molar-refractivity contribution in [1.82, 2.24) is 14.3 Å². The number of amides is 1. The highest BCUT2D eigenvalue weighted by atomic mass is 32.2. The Morgan fingerprint density at radius 1 is 1.14 bits per heavy atom. The molecular formula is C20H22N4O3S.